The first-order valence-corrected chi connectivity index (χ1v) is 12.7. The number of nitrogens with zero attached hydrogens (tertiary/aromatic N) is 5. The number of halogens is 5. The number of amides is 1. The van der Waals surface area contributed by atoms with Crippen LogP contribution in [-0.2, 0) is 6.18 Å². The maximum absolute atomic E-state index is 14.2. The first-order chi connectivity index (χ1) is 19.5. The molecule has 2 aromatic carbocycles. The summed E-state index contributed by atoms with van der Waals surface area (Å²) in [5, 5.41) is 13.8. The Morgan fingerprint density at radius 3 is 2.24 bits per heavy atom. The lowest BCUT2D eigenvalue weighted by Crippen LogP contribution is -2.50. The molecule has 5 rings (SSSR count). The molecule has 0 spiro atoms. The van der Waals surface area contributed by atoms with Crippen LogP contribution >= 0.6 is 0 Å². The molecule has 1 N–H and O–H groups in total. The molecule has 1 aliphatic rings. The Labute approximate surface area is 231 Å². The van der Waals surface area contributed by atoms with Gasteiger partial charge >= 0.3 is 6.18 Å². The number of aliphatic hydroxyl groups excluding tert-OH is 1. The zero-order chi connectivity index (χ0) is 29.5. The summed E-state index contributed by atoms with van der Waals surface area (Å²) in [7, 11) is 1.47. The number of rotatable bonds is 6. The smallest absolute Gasteiger partial charge is 0.433 e. The van der Waals surface area contributed by atoms with Crippen molar-refractivity contribution in [3.05, 3.63) is 82.7 Å². The number of carbonyl (C=O) groups is 1. The van der Waals surface area contributed by atoms with Gasteiger partial charge in [-0.1, -0.05) is 0 Å². The van der Waals surface area contributed by atoms with Crippen LogP contribution in [0.2, 0.25) is 0 Å². The van der Waals surface area contributed by atoms with Gasteiger partial charge in [0.2, 0.25) is 0 Å². The lowest BCUT2D eigenvalue weighted by molar-refractivity contribution is -0.143. The zero-order valence-corrected chi connectivity index (χ0v) is 22.1. The molecule has 0 saturated carbocycles. The maximum Gasteiger partial charge on any atom is 0.433 e. The van der Waals surface area contributed by atoms with Crippen LogP contribution in [-0.4, -0.2) is 75.3 Å². The van der Waals surface area contributed by atoms with Crippen LogP contribution < -0.4 is 4.74 Å². The van der Waals surface area contributed by atoms with Gasteiger partial charge < -0.3 is 14.7 Å². The Kier molecular flexibility index (Phi) is 7.66. The third kappa shape index (κ3) is 5.46. The van der Waals surface area contributed by atoms with Crippen molar-refractivity contribution in [1.29, 1.82) is 0 Å². The summed E-state index contributed by atoms with van der Waals surface area (Å²) < 4.78 is 76.0. The molecule has 41 heavy (non-hydrogen) atoms. The number of hydrogen-bond donors (Lipinski definition) is 1. The lowest BCUT2D eigenvalue weighted by Gasteiger charge is -2.38. The van der Waals surface area contributed by atoms with Gasteiger partial charge in [0.05, 0.1) is 31.6 Å². The fourth-order valence-electron chi connectivity index (χ4n) is 5.19. The number of aromatic nitrogens is 3. The van der Waals surface area contributed by atoms with Gasteiger partial charge in [0.25, 0.3) is 5.91 Å². The highest BCUT2D eigenvalue weighted by Gasteiger charge is 2.39. The summed E-state index contributed by atoms with van der Waals surface area (Å²) in [5.41, 5.74) is -0.778. The standard InChI is InChI=1S/C28H26F5N5O3/c1-16-24(17-3-5-21(41-2)6-4-17)35-26-22(14-34-38(26)25(16)28(31,32)33)27(40)37-9-7-36(8-10-37)23(15-39)18-11-19(29)13-20(30)12-18/h3-6,11-14,23,39H,7-10,15H2,1-2H3/t23-/m1/s1. The number of piperazine rings is 1. The fourth-order valence-corrected chi connectivity index (χ4v) is 5.19. The number of fused-ring (bicyclic) bond motifs is 1. The number of methoxy groups -OCH3 is 1. The number of ether oxygens (including phenoxy) is 1. The minimum absolute atomic E-state index is 0.0555. The van der Waals surface area contributed by atoms with Crippen LogP contribution in [0.5, 0.6) is 5.75 Å². The molecule has 1 aliphatic heterocycles. The SMILES string of the molecule is COc1ccc(-c2nc3c(C(=O)N4CCN([C@H](CO)c5cc(F)cc(F)c5)CC4)cnn3c(C(F)(F)F)c2C)cc1. The molecule has 8 nitrogen and oxygen atoms in total. The molecule has 0 aliphatic carbocycles. The van der Waals surface area contributed by atoms with Crippen molar-refractivity contribution >= 4 is 11.6 Å². The summed E-state index contributed by atoms with van der Waals surface area (Å²) in [5.74, 6) is -1.57. The van der Waals surface area contributed by atoms with E-state index in [1.54, 1.807) is 29.2 Å². The average Bonchev–Trinajstić information content (AvgIpc) is 3.35. The number of aliphatic hydroxyl groups is 1. The topological polar surface area (TPSA) is 83.2 Å². The van der Waals surface area contributed by atoms with Crippen LogP contribution in [0.4, 0.5) is 22.0 Å². The molecular weight excluding hydrogens is 549 g/mol. The van der Waals surface area contributed by atoms with Crippen LogP contribution in [0.25, 0.3) is 16.9 Å². The van der Waals surface area contributed by atoms with E-state index in [9.17, 15) is 31.9 Å². The third-order valence-corrected chi connectivity index (χ3v) is 7.23. The zero-order valence-electron chi connectivity index (χ0n) is 22.1. The maximum atomic E-state index is 14.2. The Hall–Kier alpha value is -4.10. The van der Waals surface area contributed by atoms with E-state index in [2.05, 4.69) is 10.1 Å². The predicted molar refractivity (Wildman–Crippen MR) is 138 cm³/mol. The van der Waals surface area contributed by atoms with E-state index in [4.69, 9.17) is 4.74 Å². The summed E-state index contributed by atoms with van der Waals surface area (Å²) in [6.07, 6.45) is -3.70. The van der Waals surface area contributed by atoms with Gasteiger partial charge in [-0.25, -0.2) is 18.3 Å². The highest BCUT2D eigenvalue weighted by Crippen LogP contribution is 2.37. The van der Waals surface area contributed by atoms with E-state index in [0.717, 1.165) is 24.4 Å². The van der Waals surface area contributed by atoms with E-state index < -0.39 is 42.1 Å². The molecule has 0 radical (unpaired) electrons. The monoisotopic (exact) mass is 575 g/mol. The molecule has 2 aromatic heterocycles. The van der Waals surface area contributed by atoms with Gasteiger partial charge in [-0.3, -0.25) is 9.69 Å². The number of benzene rings is 2. The van der Waals surface area contributed by atoms with E-state index >= 15 is 0 Å². The summed E-state index contributed by atoms with van der Waals surface area (Å²) in [6, 6.07) is 8.72. The van der Waals surface area contributed by atoms with Gasteiger partial charge in [0, 0.05) is 43.4 Å². The van der Waals surface area contributed by atoms with Crippen molar-refractivity contribution < 1.29 is 36.6 Å². The second-order valence-corrected chi connectivity index (χ2v) is 9.68. The Morgan fingerprint density at radius 2 is 1.68 bits per heavy atom. The third-order valence-electron chi connectivity index (χ3n) is 7.23. The van der Waals surface area contributed by atoms with Crippen LogP contribution in [0.15, 0.2) is 48.7 Å². The summed E-state index contributed by atoms with van der Waals surface area (Å²) >= 11 is 0. The molecule has 1 saturated heterocycles. The highest BCUT2D eigenvalue weighted by atomic mass is 19.4. The van der Waals surface area contributed by atoms with Crippen molar-refractivity contribution in [2.75, 3.05) is 39.9 Å². The van der Waals surface area contributed by atoms with Crippen LogP contribution in [0, 0.1) is 18.6 Å². The van der Waals surface area contributed by atoms with Crippen LogP contribution in [0.1, 0.15) is 33.2 Å². The van der Waals surface area contributed by atoms with Crippen molar-refractivity contribution in [3.8, 4) is 17.0 Å². The van der Waals surface area contributed by atoms with E-state index in [1.807, 2.05) is 0 Å². The largest absolute Gasteiger partial charge is 0.497 e. The highest BCUT2D eigenvalue weighted by molar-refractivity contribution is 6.00. The van der Waals surface area contributed by atoms with Gasteiger partial charge in [0.15, 0.2) is 11.3 Å². The van der Waals surface area contributed by atoms with E-state index in [-0.39, 0.29) is 54.2 Å². The first kappa shape index (κ1) is 28.4. The van der Waals surface area contributed by atoms with E-state index in [1.165, 1.54) is 18.9 Å². The van der Waals surface area contributed by atoms with Gasteiger partial charge in [-0.2, -0.15) is 18.3 Å². The summed E-state index contributed by atoms with van der Waals surface area (Å²) in [6.45, 7) is 1.74. The molecule has 13 heteroatoms. The van der Waals surface area contributed by atoms with Crippen molar-refractivity contribution in [1.82, 2.24) is 24.4 Å². The molecular formula is C28H26F5N5O3. The molecule has 0 unspecified atom stereocenters. The normalized spacial score (nSPS) is 15.4. The Balaban J connectivity index is 1.45. The molecule has 0 bridgehead atoms. The Morgan fingerprint density at radius 1 is 1.05 bits per heavy atom. The van der Waals surface area contributed by atoms with Crippen molar-refractivity contribution in [3.63, 3.8) is 0 Å². The lowest BCUT2D eigenvalue weighted by atomic mass is 10.0. The van der Waals surface area contributed by atoms with Crippen molar-refractivity contribution in [2.45, 2.75) is 19.1 Å². The average molecular weight is 576 g/mol. The number of hydrogen-bond acceptors (Lipinski definition) is 6. The molecule has 3 heterocycles. The van der Waals surface area contributed by atoms with Gasteiger partial charge in [-0.15, -0.1) is 0 Å². The fraction of sp³-hybridized carbons (Fsp3) is 0.321. The number of alkyl halides is 3. The molecule has 1 atom stereocenters. The first-order valence-electron chi connectivity index (χ1n) is 12.7. The van der Waals surface area contributed by atoms with Crippen LogP contribution in [0.3, 0.4) is 0 Å². The Bertz CT molecular complexity index is 1560. The number of carbonyl (C=O) groups excluding carboxylic acids is 1. The molecule has 1 fully saturated rings. The van der Waals surface area contributed by atoms with Gasteiger partial charge in [-0.05, 0) is 48.9 Å². The second-order valence-electron chi connectivity index (χ2n) is 9.68. The molecule has 4 aromatic rings. The minimum Gasteiger partial charge on any atom is -0.497 e. The molecule has 1 amide bonds. The summed E-state index contributed by atoms with van der Waals surface area (Å²) in [4.78, 5) is 21.2. The minimum atomic E-state index is -4.78. The second kappa shape index (κ2) is 11.1. The molecule has 216 valence electrons. The predicted octanol–water partition coefficient (Wildman–Crippen LogP) is 4.50. The quantitative estimate of drug-likeness (QED) is 0.341. The van der Waals surface area contributed by atoms with Crippen molar-refractivity contribution in [2.24, 2.45) is 0 Å². The van der Waals surface area contributed by atoms with E-state index in [0.29, 0.717) is 15.8 Å². The van der Waals surface area contributed by atoms with Gasteiger partial charge in [0.1, 0.15) is 22.9 Å².